The lowest BCUT2D eigenvalue weighted by Gasteiger charge is -2.20. The average molecular weight is 331 g/mol. The van der Waals surface area contributed by atoms with Crippen LogP contribution in [-0.2, 0) is 7.05 Å². The van der Waals surface area contributed by atoms with Crippen LogP contribution in [0.3, 0.4) is 0 Å². The van der Waals surface area contributed by atoms with E-state index >= 15 is 0 Å². The average Bonchev–Trinajstić information content (AvgIpc) is 2.93. The third-order valence-corrected chi connectivity index (χ3v) is 3.96. The largest absolute Gasteiger partial charge is 0.486 e. The minimum atomic E-state index is 0. The molecule has 0 radical (unpaired) electrons. The third-order valence-electron chi connectivity index (χ3n) is 3.96. The fourth-order valence-corrected chi connectivity index (χ4v) is 2.73. The molecule has 3 nitrogen and oxygen atoms in total. The van der Waals surface area contributed by atoms with Gasteiger partial charge in [0.25, 0.3) is 0 Å². The monoisotopic (exact) mass is 330 g/mol. The summed E-state index contributed by atoms with van der Waals surface area (Å²) in [5.41, 5.74) is 2.43. The molecule has 0 aliphatic rings. The zero-order chi connectivity index (χ0) is 15.4. The van der Waals surface area contributed by atoms with Crippen molar-refractivity contribution in [2.45, 2.75) is 12.5 Å². The van der Waals surface area contributed by atoms with Gasteiger partial charge in [0.15, 0.2) is 0 Å². The first-order chi connectivity index (χ1) is 10.8. The van der Waals surface area contributed by atoms with Gasteiger partial charge in [0.1, 0.15) is 11.9 Å². The highest BCUT2D eigenvalue weighted by Crippen LogP contribution is 2.27. The van der Waals surface area contributed by atoms with Crippen LogP contribution in [0.15, 0.2) is 60.8 Å². The van der Waals surface area contributed by atoms with Gasteiger partial charge in [0.2, 0.25) is 0 Å². The highest BCUT2D eigenvalue weighted by atomic mass is 35.5. The fraction of sp³-hybridized carbons (Fsp3) is 0.263. The van der Waals surface area contributed by atoms with Crippen molar-refractivity contribution in [1.29, 1.82) is 0 Å². The number of nitrogens with zero attached hydrogens (tertiary/aromatic N) is 1. The summed E-state index contributed by atoms with van der Waals surface area (Å²) < 4.78 is 8.39. The summed E-state index contributed by atoms with van der Waals surface area (Å²) in [7, 11) is 4.03. The van der Waals surface area contributed by atoms with Crippen molar-refractivity contribution in [3.8, 4) is 5.75 Å². The van der Waals surface area contributed by atoms with Gasteiger partial charge in [0, 0.05) is 30.6 Å². The number of halogens is 1. The van der Waals surface area contributed by atoms with Gasteiger partial charge in [-0.15, -0.1) is 12.4 Å². The van der Waals surface area contributed by atoms with Crippen LogP contribution in [0.4, 0.5) is 0 Å². The molecule has 0 fully saturated rings. The van der Waals surface area contributed by atoms with E-state index in [1.54, 1.807) is 0 Å². The Labute approximate surface area is 143 Å². The van der Waals surface area contributed by atoms with Gasteiger partial charge >= 0.3 is 0 Å². The third kappa shape index (κ3) is 4.06. The molecule has 23 heavy (non-hydrogen) atoms. The van der Waals surface area contributed by atoms with E-state index < -0.39 is 0 Å². The molecule has 4 heteroatoms. The van der Waals surface area contributed by atoms with E-state index in [1.165, 1.54) is 16.5 Å². The molecule has 1 heterocycles. The minimum absolute atomic E-state index is 0. The molecule has 1 N–H and O–H groups in total. The summed E-state index contributed by atoms with van der Waals surface area (Å²) in [6, 6.07) is 18.8. The number of hydrogen-bond acceptors (Lipinski definition) is 2. The first-order valence-corrected chi connectivity index (χ1v) is 7.69. The van der Waals surface area contributed by atoms with Gasteiger partial charge in [-0.3, -0.25) is 0 Å². The summed E-state index contributed by atoms with van der Waals surface area (Å²) in [4.78, 5) is 0. The highest BCUT2D eigenvalue weighted by molar-refractivity contribution is 5.85. The summed E-state index contributed by atoms with van der Waals surface area (Å²) in [5.74, 6) is 0.920. The van der Waals surface area contributed by atoms with Crippen molar-refractivity contribution in [1.82, 2.24) is 9.88 Å². The van der Waals surface area contributed by atoms with Crippen LogP contribution in [0.1, 0.15) is 18.1 Å². The Hall–Kier alpha value is -1.97. The van der Waals surface area contributed by atoms with Crippen LogP contribution in [0, 0.1) is 0 Å². The van der Waals surface area contributed by atoms with Crippen molar-refractivity contribution in [2.24, 2.45) is 7.05 Å². The van der Waals surface area contributed by atoms with Gasteiger partial charge in [0.05, 0.1) is 0 Å². The topological polar surface area (TPSA) is 26.2 Å². The van der Waals surface area contributed by atoms with E-state index in [0.29, 0.717) is 0 Å². The zero-order valence-electron chi connectivity index (χ0n) is 13.5. The Balaban J connectivity index is 0.00000192. The van der Waals surface area contributed by atoms with Gasteiger partial charge < -0.3 is 14.6 Å². The molecule has 0 aliphatic carbocycles. The zero-order valence-corrected chi connectivity index (χ0v) is 14.3. The molecule has 122 valence electrons. The maximum atomic E-state index is 6.27. The number of fused-ring (bicyclic) bond motifs is 1. The smallest absolute Gasteiger partial charge is 0.125 e. The predicted molar refractivity (Wildman–Crippen MR) is 98.5 cm³/mol. The molecular weight excluding hydrogens is 308 g/mol. The van der Waals surface area contributed by atoms with Crippen molar-refractivity contribution in [2.75, 3.05) is 13.6 Å². The van der Waals surface area contributed by atoms with E-state index in [9.17, 15) is 0 Å². The Morgan fingerprint density at radius 3 is 2.61 bits per heavy atom. The van der Waals surface area contributed by atoms with Gasteiger partial charge in [-0.25, -0.2) is 0 Å². The SMILES string of the molecule is CNCC[C@@H](Oc1ccc2c(ccn2C)c1)c1ccccc1.Cl. The summed E-state index contributed by atoms with van der Waals surface area (Å²) in [6.07, 6.45) is 3.08. The van der Waals surface area contributed by atoms with Crippen LogP contribution < -0.4 is 10.1 Å². The lowest BCUT2D eigenvalue weighted by molar-refractivity contribution is 0.195. The Bertz CT molecular complexity index is 739. The first kappa shape index (κ1) is 17.4. The number of aryl methyl sites for hydroxylation is 1. The molecule has 1 atom stereocenters. The van der Waals surface area contributed by atoms with E-state index in [2.05, 4.69) is 71.7 Å². The van der Waals surface area contributed by atoms with Crippen LogP contribution in [0.2, 0.25) is 0 Å². The van der Waals surface area contributed by atoms with Crippen LogP contribution in [-0.4, -0.2) is 18.2 Å². The van der Waals surface area contributed by atoms with Gasteiger partial charge in [-0.1, -0.05) is 30.3 Å². The molecule has 0 aliphatic heterocycles. The van der Waals surface area contributed by atoms with Crippen LogP contribution >= 0.6 is 12.4 Å². The van der Waals surface area contributed by atoms with Crippen molar-refractivity contribution in [3.05, 3.63) is 66.4 Å². The molecule has 1 aromatic heterocycles. The fourth-order valence-electron chi connectivity index (χ4n) is 2.73. The summed E-state index contributed by atoms with van der Waals surface area (Å²) >= 11 is 0. The van der Waals surface area contributed by atoms with Crippen molar-refractivity contribution < 1.29 is 4.74 Å². The molecule has 0 unspecified atom stereocenters. The molecule has 3 aromatic rings. The Kier molecular flexibility index (Phi) is 6.08. The van der Waals surface area contributed by atoms with Gasteiger partial charge in [-0.2, -0.15) is 0 Å². The highest BCUT2D eigenvalue weighted by Gasteiger charge is 2.13. The Morgan fingerprint density at radius 2 is 1.87 bits per heavy atom. The normalized spacial score (nSPS) is 11.9. The molecular formula is C19H23ClN2O. The number of ether oxygens (including phenoxy) is 1. The molecule has 0 amide bonds. The van der Waals surface area contributed by atoms with Crippen molar-refractivity contribution >= 4 is 23.3 Å². The molecule has 0 spiro atoms. The molecule has 2 aromatic carbocycles. The quantitative estimate of drug-likeness (QED) is 0.728. The minimum Gasteiger partial charge on any atom is -0.486 e. The molecule has 0 saturated carbocycles. The second-order valence-corrected chi connectivity index (χ2v) is 5.56. The number of benzene rings is 2. The number of hydrogen-bond donors (Lipinski definition) is 1. The first-order valence-electron chi connectivity index (χ1n) is 7.69. The molecule has 0 bridgehead atoms. The summed E-state index contributed by atoms with van der Waals surface area (Å²) in [6.45, 7) is 0.924. The number of nitrogens with one attached hydrogen (secondary N) is 1. The van der Waals surface area contributed by atoms with Gasteiger partial charge in [-0.05, 0) is 43.4 Å². The second kappa shape index (κ2) is 8.04. The number of aromatic nitrogens is 1. The van der Waals surface area contributed by atoms with Crippen LogP contribution in [0.5, 0.6) is 5.75 Å². The molecule has 3 rings (SSSR count). The van der Waals surface area contributed by atoms with E-state index in [-0.39, 0.29) is 18.5 Å². The maximum Gasteiger partial charge on any atom is 0.125 e. The lowest BCUT2D eigenvalue weighted by atomic mass is 10.1. The van der Waals surface area contributed by atoms with Crippen LogP contribution in [0.25, 0.3) is 10.9 Å². The second-order valence-electron chi connectivity index (χ2n) is 5.56. The van der Waals surface area contributed by atoms with E-state index in [4.69, 9.17) is 4.74 Å². The summed E-state index contributed by atoms with van der Waals surface area (Å²) in [5, 5.41) is 4.41. The maximum absolute atomic E-state index is 6.27. The van der Waals surface area contributed by atoms with Crippen molar-refractivity contribution in [3.63, 3.8) is 0 Å². The number of rotatable bonds is 6. The van der Waals surface area contributed by atoms with E-state index in [1.807, 2.05) is 13.1 Å². The standard InChI is InChI=1S/C19H22N2O.ClH/c1-20-12-10-19(15-6-4-3-5-7-15)22-17-8-9-18-16(14-17)11-13-21(18)2;/h3-9,11,13-14,19-20H,10,12H2,1-2H3;1H/t19-;/m1./s1. The van der Waals surface area contributed by atoms with E-state index in [0.717, 1.165) is 18.7 Å². The Morgan fingerprint density at radius 1 is 1.09 bits per heavy atom. The predicted octanol–water partition coefficient (Wildman–Crippen LogP) is 4.33. The lowest BCUT2D eigenvalue weighted by Crippen LogP contribution is -2.16. The molecule has 0 saturated heterocycles.